The van der Waals surface area contributed by atoms with Crippen LogP contribution in [0.4, 0.5) is 10.1 Å². The SMILES string of the molecule is OCC[C@@H]1CN(C2CCN(c3ccccc3F)CC2)CCN1Cc1ccccc1. The van der Waals surface area contributed by atoms with E-state index in [1.165, 1.54) is 5.56 Å². The van der Waals surface area contributed by atoms with Crippen LogP contribution >= 0.6 is 0 Å². The Labute approximate surface area is 173 Å². The molecule has 0 aromatic heterocycles. The smallest absolute Gasteiger partial charge is 0.146 e. The average Bonchev–Trinajstić information content (AvgIpc) is 2.76. The number of nitrogens with zero attached hydrogens (tertiary/aromatic N) is 3. The molecule has 1 N–H and O–H groups in total. The van der Waals surface area contributed by atoms with E-state index in [1.807, 2.05) is 12.1 Å². The second kappa shape index (κ2) is 9.70. The maximum Gasteiger partial charge on any atom is 0.146 e. The van der Waals surface area contributed by atoms with Crippen molar-refractivity contribution in [2.45, 2.75) is 37.9 Å². The predicted molar refractivity (Wildman–Crippen MR) is 116 cm³/mol. The molecular formula is C24H32FN3O. The highest BCUT2D eigenvalue weighted by Crippen LogP contribution is 2.27. The molecule has 0 saturated carbocycles. The number of para-hydroxylation sites is 1. The van der Waals surface area contributed by atoms with Gasteiger partial charge in [0.15, 0.2) is 0 Å². The van der Waals surface area contributed by atoms with Crippen LogP contribution in [0.1, 0.15) is 24.8 Å². The second-order valence-corrected chi connectivity index (χ2v) is 8.29. The third-order valence-electron chi connectivity index (χ3n) is 6.50. The van der Waals surface area contributed by atoms with E-state index in [2.05, 4.69) is 45.0 Å². The van der Waals surface area contributed by atoms with E-state index in [-0.39, 0.29) is 12.4 Å². The lowest BCUT2D eigenvalue weighted by Crippen LogP contribution is -2.57. The average molecular weight is 398 g/mol. The summed E-state index contributed by atoms with van der Waals surface area (Å²) in [5, 5.41) is 9.60. The first-order chi connectivity index (χ1) is 14.2. The standard InChI is InChI=1S/C24H32FN3O/c25-23-8-4-5-9-24(23)26-13-10-21(11-14-26)28-16-15-27(22(19-28)12-17-29)18-20-6-2-1-3-7-20/h1-9,21-22,29H,10-19H2/t22-/m1/s1. The van der Waals surface area contributed by atoms with Gasteiger partial charge in [-0.2, -0.15) is 0 Å². The van der Waals surface area contributed by atoms with Crippen molar-refractivity contribution in [3.05, 3.63) is 66.0 Å². The van der Waals surface area contributed by atoms with Gasteiger partial charge in [0.05, 0.1) is 5.69 Å². The van der Waals surface area contributed by atoms with Crippen molar-refractivity contribution in [1.29, 1.82) is 0 Å². The molecule has 2 heterocycles. The normalized spacial score (nSPS) is 22.1. The summed E-state index contributed by atoms with van der Waals surface area (Å²) in [6.07, 6.45) is 2.95. The molecule has 0 bridgehead atoms. The lowest BCUT2D eigenvalue weighted by atomic mass is 9.98. The van der Waals surface area contributed by atoms with Crippen molar-refractivity contribution in [3.63, 3.8) is 0 Å². The Morgan fingerprint density at radius 3 is 2.34 bits per heavy atom. The first kappa shape index (κ1) is 20.3. The van der Waals surface area contributed by atoms with E-state index in [4.69, 9.17) is 0 Å². The van der Waals surface area contributed by atoms with Crippen molar-refractivity contribution in [1.82, 2.24) is 9.80 Å². The second-order valence-electron chi connectivity index (χ2n) is 8.29. The number of rotatable bonds is 6. The van der Waals surface area contributed by atoms with Crippen molar-refractivity contribution in [2.75, 3.05) is 44.2 Å². The maximum atomic E-state index is 14.1. The molecule has 0 spiro atoms. The number of benzene rings is 2. The zero-order valence-corrected chi connectivity index (χ0v) is 17.1. The molecule has 0 unspecified atom stereocenters. The summed E-state index contributed by atoms with van der Waals surface area (Å²) in [4.78, 5) is 7.32. The van der Waals surface area contributed by atoms with Crippen molar-refractivity contribution < 1.29 is 9.50 Å². The minimum atomic E-state index is -0.122. The van der Waals surface area contributed by atoms with Crippen LogP contribution < -0.4 is 4.90 Å². The van der Waals surface area contributed by atoms with E-state index in [0.717, 1.165) is 64.2 Å². The summed E-state index contributed by atoms with van der Waals surface area (Å²) >= 11 is 0. The van der Waals surface area contributed by atoms with Crippen LogP contribution in [0.3, 0.4) is 0 Å². The van der Waals surface area contributed by atoms with Crippen LogP contribution in [0.15, 0.2) is 54.6 Å². The molecule has 0 amide bonds. The first-order valence-electron chi connectivity index (χ1n) is 10.9. The van der Waals surface area contributed by atoms with E-state index in [1.54, 1.807) is 12.1 Å². The van der Waals surface area contributed by atoms with Gasteiger partial charge in [-0.3, -0.25) is 9.80 Å². The summed E-state index contributed by atoms with van der Waals surface area (Å²) in [5.74, 6) is -0.122. The number of anilines is 1. The molecular weight excluding hydrogens is 365 g/mol. The first-order valence-corrected chi connectivity index (χ1v) is 10.9. The quantitative estimate of drug-likeness (QED) is 0.810. The Morgan fingerprint density at radius 1 is 0.897 bits per heavy atom. The predicted octanol–water partition coefficient (Wildman–Crippen LogP) is 3.36. The van der Waals surface area contributed by atoms with Crippen LogP contribution in [-0.2, 0) is 6.54 Å². The molecule has 2 aromatic rings. The largest absolute Gasteiger partial charge is 0.396 e. The number of hydrogen-bond acceptors (Lipinski definition) is 4. The topological polar surface area (TPSA) is 30.0 Å². The third kappa shape index (κ3) is 4.97. The highest BCUT2D eigenvalue weighted by Gasteiger charge is 2.32. The molecule has 4 nitrogen and oxygen atoms in total. The summed E-state index contributed by atoms with van der Waals surface area (Å²) in [7, 11) is 0. The van der Waals surface area contributed by atoms with E-state index in [0.29, 0.717) is 12.1 Å². The maximum absolute atomic E-state index is 14.1. The number of piperidine rings is 1. The molecule has 2 aliphatic rings. The fourth-order valence-electron chi connectivity index (χ4n) is 4.88. The molecule has 29 heavy (non-hydrogen) atoms. The number of halogens is 1. The van der Waals surface area contributed by atoms with Gasteiger partial charge in [0.1, 0.15) is 5.82 Å². The Kier molecular flexibility index (Phi) is 6.80. The molecule has 5 heteroatoms. The van der Waals surface area contributed by atoms with Crippen LogP contribution in [0.2, 0.25) is 0 Å². The summed E-state index contributed by atoms with van der Waals surface area (Å²) in [5.41, 5.74) is 2.07. The Hall–Kier alpha value is -1.95. The molecule has 2 aliphatic heterocycles. The van der Waals surface area contributed by atoms with Crippen LogP contribution in [0.25, 0.3) is 0 Å². The molecule has 2 fully saturated rings. The van der Waals surface area contributed by atoms with Gasteiger partial charge in [-0.15, -0.1) is 0 Å². The Bertz CT molecular complexity index is 764. The molecule has 2 aromatic carbocycles. The molecule has 0 radical (unpaired) electrons. The third-order valence-corrected chi connectivity index (χ3v) is 6.50. The molecule has 1 atom stereocenters. The van der Waals surface area contributed by atoms with Gasteiger partial charge in [0.2, 0.25) is 0 Å². The van der Waals surface area contributed by atoms with Gasteiger partial charge >= 0.3 is 0 Å². The van der Waals surface area contributed by atoms with E-state index < -0.39 is 0 Å². The lowest BCUT2D eigenvalue weighted by Gasteiger charge is -2.47. The molecule has 0 aliphatic carbocycles. The van der Waals surface area contributed by atoms with E-state index in [9.17, 15) is 9.50 Å². The number of aliphatic hydroxyl groups excluding tert-OH is 1. The lowest BCUT2D eigenvalue weighted by molar-refractivity contribution is 0.0254. The summed E-state index contributed by atoms with van der Waals surface area (Å²) in [6.45, 7) is 6.10. The van der Waals surface area contributed by atoms with E-state index >= 15 is 0 Å². The minimum Gasteiger partial charge on any atom is -0.396 e. The van der Waals surface area contributed by atoms with Crippen molar-refractivity contribution in [2.24, 2.45) is 0 Å². The fraction of sp³-hybridized carbons (Fsp3) is 0.500. The van der Waals surface area contributed by atoms with Crippen molar-refractivity contribution >= 4 is 5.69 Å². The highest BCUT2D eigenvalue weighted by molar-refractivity contribution is 5.47. The van der Waals surface area contributed by atoms with Crippen LogP contribution in [-0.4, -0.2) is 66.3 Å². The van der Waals surface area contributed by atoms with Gasteiger partial charge in [-0.25, -0.2) is 4.39 Å². The van der Waals surface area contributed by atoms with Crippen molar-refractivity contribution in [3.8, 4) is 0 Å². The summed E-state index contributed by atoms with van der Waals surface area (Å²) < 4.78 is 14.1. The monoisotopic (exact) mass is 397 g/mol. The van der Waals surface area contributed by atoms with Gasteiger partial charge in [0.25, 0.3) is 0 Å². The molecule has 156 valence electrons. The Morgan fingerprint density at radius 2 is 1.62 bits per heavy atom. The van der Waals surface area contributed by atoms with Gasteiger partial charge in [0, 0.05) is 58.0 Å². The van der Waals surface area contributed by atoms with Gasteiger partial charge < -0.3 is 10.0 Å². The molecule has 4 rings (SSSR count). The Balaban J connectivity index is 1.34. The zero-order chi connectivity index (χ0) is 20.1. The molecule has 2 saturated heterocycles. The van der Waals surface area contributed by atoms with Crippen LogP contribution in [0.5, 0.6) is 0 Å². The number of piperazine rings is 1. The highest BCUT2D eigenvalue weighted by atomic mass is 19.1. The minimum absolute atomic E-state index is 0.122. The fourth-order valence-corrected chi connectivity index (χ4v) is 4.88. The number of aliphatic hydroxyl groups is 1. The van der Waals surface area contributed by atoms with Crippen LogP contribution in [0, 0.1) is 5.82 Å². The summed E-state index contributed by atoms with van der Waals surface area (Å²) in [6, 6.07) is 18.6. The van der Waals surface area contributed by atoms with Gasteiger partial charge in [-0.05, 0) is 37.0 Å². The number of hydrogen-bond donors (Lipinski definition) is 1. The van der Waals surface area contributed by atoms with Gasteiger partial charge in [-0.1, -0.05) is 42.5 Å². The zero-order valence-electron chi connectivity index (χ0n) is 17.1.